The molecule has 6 nitrogen and oxygen atoms in total. The van der Waals surface area contributed by atoms with Crippen molar-refractivity contribution < 1.29 is 48.0 Å². The van der Waals surface area contributed by atoms with E-state index in [0.29, 0.717) is 5.02 Å². The van der Waals surface area contributed by atoms with Gasteiger partial charge in [0.05, 0.1) is 4.90 Å². The van der Waals surface area contributed by atoms with Gasteiger partial charge in [0.1, 0.15) is 0 Å². The molecule has 0 saturated carbocycles. The third kappa shape index (κ3) is 6.61. The first-order valence-corrected chi connectivity index (χ1v) is 9.87. The van der Waals surface area contributed by atoms with Crippen LogP contribution in [-0.2, 0) is 21.4 Å². The van der Waals surface area contributed by atoms with Gasteiger partial charge < -0.3 is 0 Å². The molecule has 0 fully saturated rings. The molecular weight excluding hydrogens is 455 g/mol. The summed E-state index contributed by atoms with van der Waals surface area (Å²) in [5.74, 6) is -0.660. The van der Waals surface area contributed by atoms with E-state index in [-0.39, 0.29) is 54.0 Å². The molecule has 0 bridgehead atoms. The molecule has 0 aliphatic heterocycles. The van der Waals surface area contributed by atoms with E-state index in [4.69, 9.17) is 16.8 Å². The minimum absolute atomic E-state index is 0. The standard InChI is InChI=1S/C16H16BrClN2O4S.Na/c17-13-3-7-15(8-4-13)25(23,24)20(10-9-16(21)19-22)11-12-1-5-14(18)6-2-12;/h1-8,22H,9-11H2,(H,19,21);/q;+1. The van der Waals surface area contributed by atoms with E-state index in [1.54, 1.807) is 36.4 Å². The molecule has 0 saturated heterocycles. The fourth-order valence-electron chi connectivity index (χ4n) is 2.12. The number of hydrogen-bond donors (Lipinski definition) is 2. The Kier molecular flexibility index (Phi) is 9.77. The Morgan fingerprint density at radius 3 is 2.23 bits per heavy atom. The van der Waals surface area contributed by atoms with Crippen LogP contribution in [0.3, 0.4) is 0 Å². The number of nitrogens with one attached hydrogen (secondary N) is 1. The molecule has 2 aromatic rings. The SMILES string of the molecule is O=C(CCN(Cc1ccc(Cl)cc1)S(=O)(=O)c1ccc(Br)cc1)NO.[Na+]. The summed E-state index contributed by atoms with van der Waals surface area (Å²) in [6, 6.07) is 13.0. The number of sulfonamides is 1. The molecule has 0 aliphatic rings. The second-order valence-electron chi connectivity index (χ2n) is 5.20. The normalized spacial score (nSPS) is 11.1. The van der Waals surface area contributed by atoms with E-state index in [2.05, 4.69) is 15.9 Å². The summed E-state index contributed by atoms with van der Waals surface area (Å²) in [5.41, 5.74) is 2.24. The van der Waals surface area contributed by atoms with Crippen LogP contribution in [0.2, 0.25) is 5.02 Å². The summed E-state index contributed by atoms with van der Waals surface area (Å²) < 4.78 is 27.8. The summed E-state index contributed by atoms with van der Waals surface area (Å²) in [6.45, 7) is 0.00168. The van der Waals surface area contributed by atoms with Crippen molar-refractivity contribution in [1.82, 2.24) is 9.79 Å². The Morgan fingerprint density at radius 1 is 1.12 bits per heavy atom. The molecular formula is C16H16BrClN2NaO4S+. The minimum Gasteiger partial charge on any atom is -0.289 e. The van der Waals surface area contributed by atoms with Gasteiger partial charge in [0.15, 0.2) is 0 Å². The van der Waals surface area contributed by atoms with Crippen LogP contribution in [0.15, 0.2) is 57.9 Å². The number of carbonyl (C=O) groups is 1. The first-order valence-electron chi connectivity index (χ1n) is 7.26. The fraction of sp³-hybridized carbons (Fsp3) is 0.188. The van der Waals surface area contributed by atoms with Crippen molar-refractivity contribution in [2.24, 2.45) is 0 Å². The summed E-state index contributed by atoms with van der Waals surface area (Å²) >= 11 is 9.12. The van der Waals surface area contributed by atoms with Gasteiger partial charge in [-0.15, -0.1) is 0 Å². The zero-order chi connectivity index (χ0) is 18.4. The van der Waals surface area contributed by atoms with Crippen LogP contribution < -0.4 is 35.0 Å². The first kappa shape index (κ1) is 23.6. The first-order chi connectivity index (χ1) is 11.8. The van der Waals surface area contributed by atoms with Gasteiger partial charge in [-0.2, -0.15) is 4.31 Å². The second-order valence-corrected chi connectivity index (χ2v) is 8.49. The average Bonchev–Trinajstić information content (AvgIpc) is 2.60. The summed E-state index contributed by atoms with van der Waals surface area (Å²) in [4.78, 5) is 11.4. The minimum atomic E-state index is -3.81. The molecule has 2 aromatic carbocycles. The maximum absolute atomic E-state index is 12.9. The van der Waals surface area contributed by atoms with Gasteiger partial charge in [0.25, 0.3) is 0 Å². The van der Waals surface area contributed by atoms with Gasteiger partial charge in [-0.3, -0.25) is 10.0 Å². The maximum atomic E-state index is 12.9. The van der Waals surface area contributed by atoms with Crippen molar-refractivity contribution in [2.75, 3.05) is 6.54 Å². The zero-order valence-electron chi connectivity index (χ0n) is 14.0. The van der Waals surface area contributed by atoms with Gasteiger partial charge in [-0.05, 0) is 42.0 Å². The van der Waals surface area contributed by atoms with Crippen molar-refractivity contribution in [3.63, 3.8) is 0 Å². The van der Waals surface area contributed by atoms with Crippen molar-refractivity contribution in [3.05, 3.63) is 63.6 Å². The average molecular weight is 471 g/mol. The van der Waals surface area contributed by atoms with Crippen molar-refractivity contribution in [1.29, 1.82) is 0 Å². The second kappa shape index (κ2) is 10.8. The van der Waals surface area contributed by atoms with Gasteiger partial charge in [-0.25, -0.2) is 13.9 Å². The predicted molar refractivity (Wildman–Crippen MR) is 97.7 cm³/mol. The van der Waals surface area contributed by atoms with E-state index >= 15 is 0 Å². The zero-order valence-corrected chi connectivity index (χ0v) is 19.2. The monoisotopic (exact) mass is 469 g/mol. The third-order valence-corrected chi connectivity index (χ3v) is 6.08. The Hall–Kier alpha value is -0.450. The number of hydroxylamine groups is 1. The molecule has 0 aliphatic carbocycles. The van der Waals surface area contributed by atoms with Gasteiger partial charge in [0.2, 0.25) is 15.9 Å². The smallest absolute Gasteiger partial charge is 0.289 e. The molecule has 0 heterocycles. The van der Waals surface area contributed by atoms with Crippen LogP contribution in [0.5, 0.6) is 0 Å². The molecule has 10 heteroatoms. The summed E-state index contributed by atoms with van der Waals surface area (Å²) in [5, 5.41) is 9.18. The van der Waals surface area contributed by atoms with Crippen LogP contribution in [0.25, 0.3) is 0 Å². The van der Waals surface area contributed by atoms with Crippen LogP contribution in [-0.4, -0.2) is 30.4 Å². The number of benzene rings is 2. The Bertz CT molecular complexity index is 832. The summed E-state index contributed by atoms with van der Waals surface area (Å²) in [7, 11) is -3.81. The van der Waals surface area contributed by atoms with Gasteiger partial charge >= 0.3 is 29.6 Å². The van der Waals surface area contributed by atoms with Crippen LogP contribution >= 0.6 is 27.5 Å². The number of rotatable bonds is 7. The molecule has 0 radical (unpaired) electrons. The van der Waals surface area contributed by atoms with E-state index in [1.807, 2.05) is 0 Å². The number of hydrogen-bond acceptors (Lipinski definition) is 4. The largest absolute Gasteiger partial charge is 1.00 e. The molecule has 2 N–H and O–H groups in total. The molecule has 2 rings (SSSR count). The van der Waals surface area contributed by atoms with E-state index in [0.717, 1.165) is 10.0 Å². The topological polar surface area (TPSA) is 86.7 Å². The third-order valence-electron chi connectivity index (χ3n) is 3.44. The fourth-order valence-corrected chi connectivity index (χ4v) is 3.93. The Morgan fingerprint density at radius 2 is 1.69 bits per heavy atom. The van der Waals surface area contributed by atoms with Gasteiger partial charge in [-0.1, -0.05) is 39.7 Å². The van der Waals surface area contributed by atoms with Crippen molar-refractivity contribution in [2.45, 2.75) is 17.9 Å². The maximum Gasteiger partial charge on any atom is 1.00 e. The molecule has 0 atom stereocenters. The Labute approximate surface area is 188 Å². The summed E-state index contributed by atoms with van der Waals surface area (Å²) in [6.07, 6.45) is -0.167. The van der Waals surface area contributed by atoms with Crippen LogP contribution in [0, 0.1) is 0 Å². The van der Waals surface area contributed by atoms with Gasteiger partial charge in [0, 0.05) is 29.0 Å². The molecule has 0 aromatic heterocycles. The number of nitrogens with zero attached hydrogens (tertiary/aromatic N) is 1. The quantitative estimate of drug-likeness (QED) is 0.344. The number of carbonyl (C=O) groups excluding carboxylic acids is 1. The van der Waals surface area contributed by atoms with E-state index in [9.17, 15) is 13.2 Å². The van der Waals surface area contributed by atoms with E-state index in [1.165, 1.54) is 21.9 Å². The molecule has 1 amide bonds. The molecule has 134 valence electrons. The Balaban J connectivity index is 0.00000338. The van der Waals surface area contributed by atoms with E-state index < -0.39 is 15.9 Å². The van der Waals surface area contributed by atoms with Crippen LogP contribution in [0.1, 0.15) is 12.0 Å². The predicted octanol–water partition coefficient (Wildman–Crippen LogP) is 0.193. The number of halogens is 2. The van der Waals surface area contributed by atoms with Crippen molar-refractivity contribution in [3.8, 4) is 0 Å². The molecule has 26 heavy (non-hydrogen) atoms. The van der Waals surface area contributed by atoms with Crippen LogP contribution in [0.4, 0.5) is 0 Å². The molecule has 0 unspecified atom stereocenters. The number of amides is 1. The molecule has 0 spiro atoms. The van der Waals surface area contributed by atoms with Crippen molar-refractivity contribution >= 4 is 43.5 Å².